The Morgan fingerprint density at radius 2 is 1.57 bits per heavy atom. The lowest BCUT2D eigenvalue weighted by molar-refractivity contribution is -0.212. The number of hydrogen-bond donors (Lipinski definition) is 2. The Bertz CT molecular complexity index is 781. The van der Waals surface area contributed by atoms with E-state index in [1.807, 2.05) is 0 Å². The zero-order valence-electron chi connectivity index (χ0n) is 18.3. The van der Waals surface area contributed by atoms with Crippen LogP contribution in [0, 0.1) is 34.0 Å². The summed E-state index contributed by atoms with van der Waals surface area (Å²) < 4.78 is 5.53. The summed E-state index contributed by atoms with van der Waals surface area (Å²) in [5.74, 6) is 1.55. The number of aliphatic hydroxyl groups excluding tert-OH is 2. The SMILES string of the molecule is CC1(C)CCC[C@]2(C)[C@H]3C[C@@H](O)[C@]4(C)c5cocc5[C@@H](O)CC4[C@]3(C)CC[C@@H]12. The zero-order valence-corrected chi connectivity index (χ0v) is 18.3. The molecule has 0 radical (unpaired) electrons. The van der Waals surface area contributed by atoms with Crippen LogP contribution < -0.4 is 0 Å². The molecular formula is C25H38O3. The minimum Gasteiger partial charge on any atom is -0.472 e. The van der Waals surface area contributed by atoms with Gasteiger partial charge in [-0.05, 0) is 72.5 Å². The standard InChI is InChI=1S/C25H38O3/c1-22(2)8-6-9-23(3)18(22)7-10-24(4)19(23)12-21(27)25(5)16-14-28-13-15(16)17(26)11-20(24)25/h13-14,17-21,26-27H,6-12H2,1-5H3/t17-,18-,19+,20?,21+,23-,24+,25+/m0/s1. The maximum atomic E-state index is 11.6. The molecular weight excluding hydrogens is 348 g/mol. The van der Waals surface area contributed by atoms with Crippen molar-refractivity contribution in [3.63, 3.8) is 0 Å². The van der Waals surface area contributed by atoms with Gasteiger partial charge < -0.3 is 14.6 Å². The first-order valence-corrected chi connectivity index (χ1v) is 11.5. The molecule has 4 aliphatic rings. The molecule has 2 N–H and O–H groups in total. The van der Waals surface area contributed by atoms with Gasteiger partial charge in [-0.15, -0.1) is 0 Å². The minimum absolute atomic E-state index is 0.155. The third-order valence-corrected chi connectivity index (χ3v) is 10.6. The highest BCUT2D eigenvalue weighted by Gasteiger charge is 2.67. The van der Waals surface area contributed by atoms with E-state index in [1.165, 1.54) is 32.1 Å². The van der Waals surface area contributed by atoms with Gasteiger partial charge >= 0.3 is 0 Å². The molecule has 8 atom stereocenters. The summed E-state index contributed by atoms with van der Waals surface area (Å²) >= 11 is 0. The van der Waals surface area contributed by atoms with Crippen LogP contribution in [-0.2, 0) is 5.41 Å². The van der Waals surface area contributed by atoms with Gasteiger partial charge in [0.2, 0.25) is 0 Å². The van der Waals surface area contributed by atoms with E-state index < -0.39 is 6.10 Å². The predicted octanol–water partition coefficient (Wildman–Crippen LogP) is 5.60. The van der Waals surface area contributed by atoms with E-state index in [0.717, 1.165) is 29.9 Å². The van der Waals surface area contributed by atoms with Crippen LogP contribution in [0.25, 0.3) is 0 Å². The Balaban J connectivity index is 1.63. The highest BCUT2D eigenvalue weighted by atomic mass is 16.3. The molecule has 0 saturated heterocycles. The highest BCUT2D eigenvalue weighted by molar-refractivity contribution is 5.39. The van der Waals surface area contributed by atoms with Crippen LogP contribution in [0.15, 0.2) is 16.9 Å². The molecule has 1 aromatic rings. The predicted molar refractivity (Wildman–Crippen MR) is 110 cm³/mol. The maximum Gasteiger partial charge on any atom is 0.0963 e. The second-order valence-electron chi connectivity index (χ2n) is 12.1. The van der Waals surface area contributed by atoms with E-state index in [-0.39, 0.29) is 22.9 Å². The lowest BCUT2D eigenvalue weighted by Gasteiger charge is -2.70. The smallest absolute Gasteiger partial charge is 0.0963 e. The lowest BCUT2D eigenvalue weighted by atomic mass is 9.35. The van der Waals surface area contributed by atoms with Gasteiger partial charge in [0, 0.05) is 16.5 Å². The fourth-order valence-corrected chi connectivity index (χ4v) is 9.26. The average molecular weight is 387 g/mol. The van der Waals surface area contributed by atoms with Crippen molar-refractivity contribution in [2.45, 2.75) is 97.2 Å². The van der Waals surface area contributed by atoms with Crippen molar-refractivity contribution < 1.29 is 14.6 Å². The molecule has 3 heteroatoms. The maximum absolute atomic E-state index is 11.6. The summed E-state index contributed by atoms with van der Waals surface area (Å²) in [6.07, 6.45) is 10.7. The molecule has 0 bridgehead atoms. The van der Waals surface area contributed by atoms with Crippen molar-refractivity contribution in [2.75, 3.05) is 0 Å². The van der Waals surface area contributed by atoms with Gasteiger partial charge in [-0.2, -0.15) is 0 Å². The Hall–Kier alpha value is -0.800. The molecule has 0 spiro atoms. The van der Waals surface area contributed by atoms with Crippen LogP contribution in [0.1, 0.15) is 96.8 Å². The van der Waals surface area contributed by atoms with E-state index in [2.05, 4.69) is 34.6 Å². The summed E-state index contributed by atoms with van der Waals surface area (Å²) in [6, 6.07) is 0. The second kappa shape index (κ2) is 5.66. The van der Waals surface area contributed by atoms with Crippen molar-refractivity contribution in [3.05, 3.63) is 23.7 Å². The molecule has 4 aliphatic carbocycles. The molecule has 0 amide bonds. The summed E-state index contributed by atoms with van der Waals surface area (Å²) in [4.78, 5) is 0. The highest BCUT2D eigenvalue weighted by Crippen LogP contribution is 2.72. The summed E-state index contributed by atoms with van der Waals surface area (Å²) in [5.41, 5.74) is 2.48. The monoisotopic (exact) mass is 386 g/mol. The van der Waals surface area contributed by atoms with Crippen LogP contribution in [0.5, 0.6) is 0 Å². The van der Waals surface area contributed by atoms with E-state index in [9.17, 15) is 10.2 Å². The summed E-state index contributed by atoms with van der Waals surface area (Å²) in [7, 11) is 0. The van der Waals surface area contributed by atoms with Gasteiger partial charge in [0.05, 0.1) is 24.7 Å². The van der Waals surface area contributed by atoms with Crippen LogP contribution in [0.3, 0.4) is 0 Å². The minimum atomic E-state index is -0.470. The molecule has 3 saturated carbocycles. The van der Waals surface area contributed by atoms with Crippen molar-refractivity contribution in [1.82, 2.24) is 0 Å². The molecule has 1 aromatic heterocycles. The first-order chi connectivity index (χ1) is 13.0. The third-order valence-electron chi connectivity index (χ3n) is 10.6. The van der Waals surface area contributed by atoms with Crippen LogP contribution in [0.2, 0.25) is 0 Å². The Kier molecular flexibility index (Phi) is 3.88. The fraction of sp³-hybridized carbons (Fsp3) is 0.840. The van der Waals surface area contributed by atoms with Gasteiger partial charge in [0.25, 0.3) is 0 Å². The fourth-order valence-electron chi connectivity index (χ4n) is 9.26. The summed E-state index contributed by atoms with van der Waals surface area (Å²) in [6.45, 7) is 12.2. The van der Waals surface area contributed by atoms with E-state index in [0.29, 0.717) is 16.7 Å². The molecule has 1 heterocycles. The van der Waals surface area contributed by atoms with Gasteiger partial charge in [-0.25, -0.2) is 0 Å². The molecule has 1 unspecified atom stereocenters. The number of fused-ring (bicyclic) bond motifs is 7. The van der Waals surface area contributed by atoms with Crippen LogP contribution in [-0.4, -0.2) is 16.3 Å². The van der Waals surface area contributed by atoms with Gasteiger partial charge in [-0.1, -0.05) is 41.0 Å². The quantitative estimate of drug-likeness (QED) is 0.610. The first-order valence-electron chi connectivity index (χ1n) is 11.5. The largest absolute Gasteiger partial charge is 0.472 e. The zero-order chi connectivity index (χ0) is 20.1. The molecule has 5 rings (SSSR count). The molecule has 28 heavy (non-hydrogen) atoms. The van der Waals surface area contributed by atoms with Gasteiger partial charge in [0.1, 0.15) is 0 Å². The average Bonchev–Trinajstić information content (AvgIpc) is 3.10. The Morgan fingerprint density at radius 1 is 0.857 bits per heavy atom. The van der Waals surface area contributed by atoms with Crippen molar-refractivity contribution in [3.8, 4) is 0 Å². The van der Waals surface area contributed by atoms with Gasteiger partial charge in [-0.3, -0.25) is 0 Å². The molecule has 3 nitrogen and oxygen atoms in total. The molecule has 156 valence electrons. The number of aliphatic hydroxyl groups is 2. The summed E-state index contributed by atoms with van der Waals surface area (Å²) in [5, 5.41) is 22.5. The topological polar surface area (TPSA) is 53.6 Å². The lowest BCUT2D eigenvalue weighted by Crippen LogP contribution is -2.66. The molecule has 3 fully saturated rings. The van der Waals surface area contributed by atoms with Gasteiger partial charge in [0.15, 0.2) is 0 Å². The number of hydrogen-bond acceptors (Lipinski definition) is 3. The molecule has 0 aromatic carbocycles. The second-order valence-corrected chi connectivity index (χ2v) is 12.1. The normalized spacial score (nSPS) is 52.2. The van der Waals surface area contributed by atoms with Crippen molar-refractivity contribution >= 4 is 0 Å². The van der Waals surface area contributed by atoms with Crippen molar-refractivity contribution in [2.24, 2.45) is 34.0 Å². The van der Waals surface area contributed by atoms with E-state index in [1.54, 1.807) is 12.5 Å². The van der Waals surface area contributed by atoms with E-state index >= 15 is 0 Å². The van der Waals surface area contributed by atoms with Crippen LogP contribution >= 0.6 is 0 Å². The number of furan rings is 1. The third kappa shape index (κ3) is 2.13. The molecule has 0 aliphatic heterocycles. The Labute approximate surface area is 169 Å². The van der Waals surface area contributed by atoms with Crippen molar-refractivity contribution in [1.29, 1.82) is 0 Å². The van der Waals surface area contributed by atoms with E-state index in [4.69, 9.17) is 4.42 Å². The van der Waals surface area contributed by atoms with Crippen LogP contribution in [0.4, 0.5) is 0 Å². The number of rotatable bonds is 0. The Morgan fingerprint density at radius 3 is 2.32 bits per heavy atom. The first kappa shape index (κ1) is 19.2.